The van der Waals surface area contributed by atoms with Gasteiger partial charge in [0.05, 0.1) is 50.8 Å². The van der Waals surface area contributed by atoms with E-state index in [1.165, 1.54) is 6.92 Å². The first-order valence-electron chi connectivity index (χ1n) is 31.4. The Balaban J connectivity index is 0.962. The van der Waals surface area contributed by atoms with Crippen molar-refractivity contribution in [2.45, 2.75) is 279 Å². The molecule has 0 spiro atoms. The number of ether oxygens (including phenoxy) is 10. The van der Waals surface area contributed by atoms with Crippen molar-refractivity contribution in [2.24, 2.45) is 50.2 Å². The summed E-state index contributed by atoms with van der Waals surface area (Å²) in [5.41, 5.74) is -3.35. The fraction of sp³-hybridized carbons (Fsp3) is 0.950. The molecule has 512 valence electrons. The average Bonchev–Trinajstić information content (AvgIpc) is 0.670. The second-order valence-electron chi connectivity index (χ2n) is 29.3. The number of carbonyl (C=O) groups is 1. The zero-order chi connectivity index (χ0) is 65.3. The van der Waals surface area contributed by atoms with Crippen LogP contribution in [0.3, 0.4) is 0 Å². The van der Waals surface area contributed by atoms with E-state index in [2.05, 4.69) is 33.8 Å². The molecule has 89 heavy (non-hydrogen) atoms. The van der Waals surface area contributed by atoms with Gasteiger partial charge in [0.2, 0.25) is 0 Å². The molecule has 0 aromatic carbocycles. The molecule has 5 saturated heterocycles. The number of hydrogen-bond acceptors (Lipinski definition) is 28. The molecule has 9 fully saturated rings. The van der Waals surface area contributed by atoms with E-state index in [0.717, 1.165) is 5.57 Å². The molecule has 18 N–H and O–H groups in total. The Bertz CT molecular complexity index is 2490. The maximum absolute atomic E-state index is 13.2. The normalized spacial score (nSPS) is 54.8. The number of hydrogen-bond donors (Lipinski definition) is 18. The quantitative estimate of drug-likeness (QED) is 0.0541. The molecule has 5 heterocycles. The van der Waals surface area contributed by atoms with Crippen molar-refractivity contribution in [3.05, 3.63) is 11.6 Å². The monoisotopic (exact) mass is 1280 g/mol. The number of carboxylic acid groups (broad SMARTS) is 1. The fourth-order valence-corrected chi connectivity index (χ4v) is 18.1. The van der Waals surface area contributed by atoms with Gasteiger partial charge in [-0.15, -0.1) is 0 Å². The van der Waals surface area contributed by atoms with Crippen LogP contribution in [0.15, 0.2) is 11.6 Å². The molecule has 4 saturated carbocycles. The lowest BCUT2D eigenvalue weighted by Gasteiger charge is -2.73. The molecule has 10 rings (SSSR count). The van der Waals surface area contributed by atoms with Crippen LogP contribution in [0.5, 0.6) is 0 Å². The highest BCUT2D eigenvalue weighted by Gasteiger charge is 2.73. The summed E-state index contributed by atoms with van der Waals surface area (Å²) in [6.07, 6.45) is -43.1. The summed E-state index contributed by atoms with van der Waals surface area (Å²) in [6.45, 7) is 13.4. The molecule has 29 nitrogen and oxygen atoms in total. The number of allylic oxidation sites excluding steroid dienone is 1. The number of fused-ring (bicyclic) bond motifs is 7. The lowest BCUT2D eigenvalue weighted by atomic mass is 9.32. The predicted molar refractivity (Wildman–Crippen MR) is 297 cm³/mol. The average molecular weight is 1280 g/mol. The highest BCUT2D eigenvalue weighted by Crippen LogP contribution is 2.76. The van der Waals surface area contributed by atoms with Gasteiger partial charge in [-0.3, -0.25) is 0 Å². The van der Waals surface area contributed by atoms with Crippen molar-refractivity contribution in [1.29, 1.82) is 0 Å². The van der Waals surface area contributed by atoms with Gasteiger partial charge in [0, 0.05) is 10.8 Å². The summed E-state index contributed by atoms with van der Waals surface area (Å²) in [6, 6.07) is 0. The van der Waals surface area contributed by atoms with E-state index in [9.17, 15) is 96.7 Å². The number of rotatable bonds is 15. The Labute approximate surface area is 515 Å². The van der Waals surface area contributed by atoms with Gasteiger partial charge in [0.15, 0.2) is 37.6 Å². The van der Waals surface area contributed by atoms with Crippen LogP contribution in [0.25, 0.3) is 0 Å². The second-order valence-corrected chi connectivity index (χ2v) is 29.3. The van der Waals surface area contributed by atoms with Crippen LogP contribution in [0, 0.1) is 50.2 Å². The Morgan fingerprint density at radius 1 is 0.517 bits per heavy atom. The van der Waals surface area contributed by atoms with Crippen LogP contribution < -0.4 is 0 Å². The molecule has 5 aliphatic carbocycles. The number of aliphatic hydroxyl groups excluding tert-OH is 17. The third-order valence-corrected chi connectivity index (χ3v) is 23.7. The van der Waals surface area contributed by atoms with Crippen LogP contribution >= 0.6 is 0 Å². The van der Waals surface area contributed by atoms with Crippen LogP contribution in [-0.4, -0.2) is 296 Å². The molecule has 29 heteroatoms. The fourth-order valence-electron chi connectivity index (χ4n) is 18.1. The first-order valence-corrected chi connectivity index (χ1v) is 31.4. The van der Waals surface area contributed by atoms with Crippen molar-refractivity contribution in [2.75, 3.05) is 26.4 Å². The molecule has 0 aromatic heterocycles. The predicted octanol–water partition coefficient (Wildman–Crippen LogP) is -4.68. The van der Waals surface area contributed by atoms with E-state index in [-0.39, 0.29) is 36.2 Å². The summed E-state index contributed by atoms with van der Waals surface area (Å²) < 4.78 is 61.2. The second kappa shape index (κ2) is 25.6. The number of carboxylic acids is 1. The molecule has 0 unspecified atom stereocenters. The van der Waals surface area contributed by atoms with Crippen molar-refractivity contribution >= 4 is 5.97 Å². The van der Waals surface area contributed by atoms with Crippen LogP contribution in [0.1, 0.15) is 107 Å². The molecule has 5 aliphatic heterocycles. The molecular weight excluding hydrogens is 1180 g/mol. The molecule has 0 amide bonds. The van der Waals surface area contributed by atoms with E-state index in [4.69, 9.17) is 47.4 Å². The van der Waals surface area contributed by atoms with Gasteiger partial charge in [-0.05, 0) is 97.7 Å². The van der Waals surface area contributed by atoms with E-state index >= 15 is 0 Å². The molecule has 0 bridgehead atoms. The van der Waals surface area contributed by atoms with Gasteiger partial charge in [-0.25, -0.2) is 4.79 Å². The van der Waals surface area contributed by atoms with Crippen molar-refractivity contribution < 1.29 is 144 Å². The lowest BCUT2D eigenvalue weighted by molar-refractivity contribution is -0.406. The topological polar surface area (TPSA) is 474 Å². The summed E-state index contributed by atoms with van der Waals surface area (Å²) in [4.78, 5) is 13.2. The van der Waals surface area contributed by atoms with E-state index in [1.54, 1.807) is 0 Å². The molecule has 10 aliphatic rings. The minimum Gasteiger partial charge on any atom is -0.479 e. The van der Waals surface area contributed by atoms with Crippen molar-refractivity contribution in [3.8, 4) is 0 Å². The van der Waals surface area contributed by atoms with Gasteiger partial charge in [0.25, 0.3) is 0 Å². The maximum Gasteiger partial charge on any atom is 0.335 e. The Kier molecular flexibility index (Phi) is 20.1. The lowest BCUT2D eigenvalue weighted by Crippen LogP contribution is -2.72. The van der Waals surface area contributed by atoms with Crippen LogP contribution in [0.2, 0.25) is 0 Å². The SMILES string of the molecule is C[C@@H]1O[C@H](O[C@@H]2[C@@H](O[C@H]3[C@@H](O)[C@H](C(=O)O)O[C@@H](O[C@H]4CC[C@@]5(C)[C@H](CC[C@]6(C)[C@H]5CC=C5[C@H]7CC(C)(C)CC[C@]7(CO[C@H]7O[C@@H](CO)[C@H](O)[C@@H](O)[C@H]7O)[C@@H](O)[C@H](O)[C@]56C)C4(C)C)[C@@H]3O[C@@H]3O[C@@H](CO)[C@@H](O)[C@@H](O)[C@@H]3O)O[C@@H](CO)[C@@H](O)[C@@H]2O)[C@H](O)[C@@H](O)[C@@H]1O. The third kappa shape index (κ3) is 11.5. The Hall–Kier alpha value is -1.87. The van der Waals surface area contributed by atoms with Gasteiger partial charge < -0.3 is 139 Å². The first-order chi connectivity index (χ1) is 41.6. The molecule has 0 aromatic rings. The minimum atomic E-state index is -2.30. The summed E-state index contributed by atoms with van der Waals surface area (Å²) in [5.74, 6) is -2.39. The van der Waals surface area contributed by atoms with Gasteiger partial charge >= 0.3 is 5.97 Å². The van der Waals surface area contributed by atoms with Crippen LogP contribution in [0.4, 0.5) is 0 Å². The van der Waals surface area contributed by atoms with E-state index < -0.39 is 225 Å². The van der Waals surface area contributed by atoms with Gasteiger partial charge in [-0.1, -0.05) is 60.1 Å². The van der Waals surface area contributed by atoms with Crippen LogP contribution in [-0.2, 0) is 52.2 Å². The standard InChI is InChI=1S/C60H98O29/c1-22-31(64)35(68)40(73)51(81-22)88-45-38(71)34(67)27(20-63)84-53(45)86-43-42(75)44(49(78)79)87-54(46(43)89-52-41(74)37(70)33(66)26(19-62)83-52)85-30-12-13-57(6)28(56(30,4)5)11-14-58(7)29(57)10-9-23-24-17-55(2,3)15-16-60(24,48(77)47(76)59(23,58)8)21-80-50-39(72)36(69)32(65)25(18-61)82-50/h9,22,24-48,50-54,61-77H,10-21H2,1-8H3,(H,78,79)/t22-,24+,25-,26-,27-,28+,29-,30-,31+,32-,33+,34+,35-,36+,37+,38-,39+,40+,41-,42+,43-,44+,45-,46+,47-,48-,50-,51+,52-,53+,54+,57-,58+,59-,60+/m0/s1. The summed E-state index contributed by atoms with van der Waals surface area (Å²) in [7, 11) is 0. The van der Waals surface area contributed by atoms with Gasteiger partial charge in [-0.2, -0.15) is 0 Å². The smallest absolute Gasteiger partial charge is 0.335 e. The summed E-state index contributed by atoms with van der Waals surface area (Å²) >= 11 is 0. The molecular formula is C60H98O29. The number of aliphatic hydroxyl groups is 17. The Morgan fingerprint density at radius 3 is 1.63 bits per heavy atom. The molecule has 35 atom stereocenters. The highest BCUT2D eigenvalue weighted by atomic mass is 16.8. The Morgan fingerprint density at radius 2 is 1.03 bits per heavy atom. The van der Waals surface area contributed by atoms with E-state index in [1.807, 2.05) is 20.8 Å². The van der Waals surface area contributed by atoms with Crippen molar-refractivity contribution in [1.82, 2.24) is 0 Å². The zero-order valence-electron chi connectivity index (χ0n) is 51.5. The first kappa shape index (κ1) is 69.9. The molecule has 0 radical (unpaired) electrons. The largest absolute Gasteiger partial charge is 0.479 e. The van der Waals surface area contributed by atoms with Crippen molar-refractivity contribution in [3.63, 3.8) is 0 Å². The number of aliphatic carboxylic acids is 1. The zero-order valence-corrected chi connectivity index (χ0v) is 51.5. The highest BCUT2D eigenvalue weighted by molar-refractivity contribution is 5.73. The minimum absolute atomic E-state index is 0.129. The van der Waals surface area contributed by atoms with E-state index in [0.29, 0.717) is 44.9 Å². The van der Waals surface area contributed by atoms with Gasteiger partial charge in [0.1, 0.15) is 110 Å². The summed E-state index contributed by atoms with van der Waals surface area (Å²) in [5, 5.41) is 199. The third-order valence-electron chi connectivity index (χ3n) is 23.7. The maximum atomic E-state index is 13.2.